The Morgan fingerprint density at radius 2 is 1.48 bits per heavy atom. The van der Waals surface area contributed by atoms with Crippen LogP contribution in [0, 0.1) is 34.0 Å². The van der Waals surface area contributed by atoms with Gasteiger partial charge in [0.05, 0.1) is 5.60 Å². The molecule has 21 heavy (non-hydrogen) atoms. The van der Waals surface area contributed by atoms with Crippen LogP contribution in [0.3, 0.4) is 0 Å². The van der Waals surface area contributed by atoms with Gasteiger partial charge in [0.25, 0.3) is 0 Å². The maximum atomic E-state index is 10.7. The van der Waals surface area contributed by atoms with E-state index in [2.05, 4.69) is 27.7 Å². The van der Waals surface area contributed by atoms with Gasteiger partial charge in [-0.05, 0) is 86.4 Å². The van der Waals surface area contributed by atoms with Crippen molar-refractivity contribution in [2.24, 2.45) is 34.0 Å². The summed E-state index contributed by atoms with van der Waals surface area (Å²) in [5, 5.41) is 10.7. The van der Waals surface area contributed by atoms with Gasteiger partial charge in [-0.3, -0.25) is 0 Å². The Bertz CT molecular complexity index is 418. The molecule has 0 aromatic heterocycles. The number of hydrogen-bond acceptors (Lipinski definition) is 1. The van der Waals surface area contributed by atoms with E-state index in [1.54, 1.807) is 0 Å². The first-order valence-corrected chi connectivity index (χ1v) is 9.24. The molecule has 0 saturated heterocycles. The van der Waals surface area contributed by atoms with E-state index in [1.807, 2.05) is 13.8 Å². The van der Waals surface area contributed by atoms with Crippen LogP contribution in [0.1, 0.15) is 86.5 Å². The van der Waals surface area contributed by atoms with E-state index in [1.165, 1.54) is 44.9 Å². The maximum absolute atomic E-state index is 10.7. The van der Waals surface area contributed by atoms with Crippen molar-refractivity contribution in [2.75, 3.05) is 0 Å². The number of fused-ring (bicyclic) bond motifs is 3. The summed E-state index contributed by atoms with van der Waals surface area (Å²) in [5.41, 5.74) is 0.865. The third-order valence-electron chi connectivity index (χ3n) is 8.23. The van der Waals surface area contributed by atoms with Gasteiger partial charge in [-0.15, -0.1) is 0 Å². The highest BCUT2D eigenvalue weighted by Gasteiger charge is 2.63. The first-order valence-electron chi connectivity index (χ1n) is 9.24. The minimum atomic E-state index is -0.517. The summed E-state index contributed by atoms with van der Waals surface area (Å²) < 4.78 is 0. The average molecular weight is 293 g/mol. The molecule has 1 N–H and O–H groups in total. The van der Waals surface area contributed by atoms with Crippen LogP contribution in [0.4, 0.5) is 0 Å². The lowest BCUT2D eigenvalue weighted by molar-refractivity contribution is -0.146. The third kappa shape index (κ3) is 2.13. The van der Waals surface area contributed by atoms with Crippen LogP contribution in [0.25, 0.3) is 0 Å². The molecule has 3 fully saturated rings. The zero-order valence-corrected chi connectivity index (χ0v) is 15.1. The molecule has 5 atom stereocenters. The van der Waals surface area contributed by atoms with Crippen molar-refractivity contribution in [1.82, 2.24) is 0 Å². The van der Waals surface area contributed by atoms with Gasteiger partial charge in [-0.25, -0.2) is 0 Å². The molecule has 0 aromatic rings. The average Bonchev–Trinajstić information content (AvgIpc) is 2.66. The minimum absolute atomic E-state index is 0.358. The van der Waals surface area contributed by atoms with Crippen molar-refractivity contribution < 1.29 is 5.11 Å². The molecular formula is C20H36O. The smallest absolute Gasteiger partial charge is 0.0625 e. The Morgan fingerprint density at radius 3 is 2.10 bits per heavy atom. The molecule has 0 amide bonds. The molecule has 0 radical (unpaired) electrons. The molecule has 122 valence electrons. The fourth-order valence-corrected chi connectivity index (χ4v) is 7.59. The van der Waals surface area contributed by atoms with Crippen LogP contribution >= 0.6 is 0 Å². The van der Waals surface area contributed by atoms with Crippen LogP contribution in [0.15, 0.2) is 0 Å². The topological polar surface area (TPSA) is 20.2 Å². The van der Waals surface area contributed by atoms with E-state index in [-0.39, 0.29) is 0 Å². The molecule has 1 nitrogen and oxygen atoms in total. The molecule has 3 saturated carbocycles. The molecule has 1 unspecified atom stereocenters. The Kier molecular flexibility index (Phi) is 3.39. The van der Waals surface area contributed by atoms with Crippen molar-refractivity contribution in [3.63, 3.8) is 0 Å². The molecular weight excluding hydrogens is 256 g/mol. The first-order chi connectivity index (χ1) is 9.52. The predicted molar refractivity (Wildman–Crippen MR) is 89.1 cm³/mol. The SMILES string of the molecule is CC1(C)CCC[C@@]2(C)C1CC[C@@]1(C)[C@H](C(C)(C)O)CC[C@@H]12. The van der Waals surface area contributed by atoms with Gasteiger partial charge in [0.1, 0.15) is 0 Å². The Morgan fingerprint density at radius 1 is 0.810 bits per heavy atom. The van der Waals surface area contributed by atoms with Crippen molar-refractivity contribution in [1.29, 1.82) is 0 Å². The van der Waals surface area contributed by atoms with E-state index < -0.39 is 5.60 Å². The van der Waals surface area contributed by atoms with Gasteiger partial charge in [0.15, 0.2) is 0 Å². The lowest BCUT2D eigenvalue weighted by atomic mass is 9.43. The highest BCUT2D eigenvalue weighted by molar-refractivity contribution is 5.12. The van der Waals surface area contributed by atoms with Crippen LogP contribution in [0.5, 0.6) is 0 Å². The molecule has 3 aliphatic rings. The molecule has 0 bridgehead atoms. The number of aliphatic hydroxyl groups is 1. The normalized spacial score (nSPS) is 49.6. The zero-order valence-electron chi connectivity index (χ0n) is 15.1. The Balaban J connectivity index is 1.97. The van der Waals surface area contributed by atoms with E-state index in [9.17, 15) is 5.11 Å². The largest absolute Gasteiger partial charge is 0.390 e. The van der Waals surface area contributed by atoms with E-state index >= 15 is 0 Å². The predicted octanol–water partition coefficient (Wildman–Crippen LogP) is 5.42. The fraction of sp³-hybridized carbons (Fsp3) is 1.00. The second-order valence-electron chi connectivity index (χ2n) is 10.3. The second kappa shape index (κ2) is 4.49. The Hall–Kier alpha value is -0.0400. The summed E-state index contributed by atoms with van der Waals surface area (Å²) in [4.78, 5) is 0. The summed E-state index contributed by atoms with van der Waals surface area (Å²) in [6.07, 6.45) is 9.51. The highest BCUT2D eigenvalue weighted by Crippen LogP contribution is 2.70. The molecule has 0 aliphatic heterocycles. The van der Waals surface area contributed by atoms with Gasteiger partial charge in [0.2, 0.25) is 0 Å². The van der Waals surface area contributed by atoms with Crippen LogP contribution < -0.4 is 0 Å². The number of hydrogen-bond donors (Lipinski definition) is 1. The standard InChI is InChI=1S/C20H36O/c1-17(2)11-7-12-19(5)14(17)10-13-20(6)15(18(3,4)21)8-9-16(19)20/h14-16,21H,7-13H2,1-6H3/t14?,15-,16+,19-,20-/m0/s1. The van der Waals surface area contributed by atoms with Crippen molar-refractivity contribution in [3.8, 4) is 0 Å². The summed E-state index contributed by atoms with van der Waals surface area (Å²) in [7, 11) is 0. The minimum Gasteiger partial charge on any atom is -0.390 e. The van der Waals surface area contributed by atoms with Gasteiger partial charge in [-0.2, -0.15) is 0 Å². The maximum Gasteiger partial charge on any atom is 0.0625 e. The second-order valence-corrected chi connectivity index (χ2v) is 10.3. The van der Waals surface area contributed by atoms with Crippen molar-refractivity contribution in [2.45, 2.75) is 92.1 Å². The third-order valence-corrected chi connectivity index (χ3v) is 8.23. The molecule has 0 heterocycles. The molecule has 3 aliphatic carbocycles. The number of rotatable bonds is 1. The van der Waals surface area contributed by atoms with Gasteiger partial charge in [0, 0.05) is 0 Å². The molecule has 0 aromatic carbocycles. The highest BCUT2D eigenvalue weighted by atomic mass is 16.3. The van der Waals surface area contributed by atoms with Gasteiger partial charge >= 0.3 is 0 Å². The quantitative estimate of drug-likeness (QED) is 0.684. The van der Waals surface area contributed by atoms with E-state index in [0.29, 0.717) is 22.2 Å². The first kappa shape index (κ1) is 15.8. The summed E-state index contributed by atoms with van der Waals surface area (Å²) >= 11 is 0. The van der Waals surface area contributed by atoms with Crippen LogP contribution in [0.2, 0.25) is 0 Å². The van der Waals surface area contributed by atoms with Crippen molar-refractivity contribution in [3.05, 3.63) is 0 Å². The van der Waals surface area contributed by atoms with E-state index in [4.69, 9.17) is 0 Å². The summed E-state index contributed by atoms with van der Waals surface area (Å²) in [6.45, 7) is 14.2. The zero-order chi connectivity index (χ0) is 15.7. The summed E-state index contributed by atoms with van der Waals surface area (Å²) in [5.74, 6) is 2.19. The van der Waals surface area contributed by atoms with Gasteiger partial charge in [-0.1, -0.05) is 34.1 Å². The van der Waals surface area contributed by atoms with Crippen LogP contribution in [-0.2, 0) is 0 Å². The monoisotopic (exact) mass is 292 g/mol. The molecule has 3 rings (SSSR count). The van der Waals surface area contributed by atoms with E-state index in [0.717, 1.165) is 11.8 Å². The lowest BCUT2D eigenvalue weighted by Gasteiger charge is -2.62. The van der Waals surface area contributed by atoms with Crippen molar-refractivity contribution >= 4 is 0 Å². The van der Waals surface area contributed by atoms with Gasteiger partial charge < -0.3 is 5.11 Å². The van der Waals surface area contributed by atoms with Crippen LogP contribution in [-0.4, -0.2) is 10.7 Å². The fourth-order valence-electron chi connectivity index (χ4n) is 7.59. The Labute approximate surface area is 131 Å². The molecule has 0 spiro atoms. The lowest BCUT2D eigenvalue weighted by Crippen LogP contribution is -2.56. The summed E-state index contributed by atoms with van der Waals surface area (Å²) in [6, 6.07) is 0. The molecule has 1 heteroatoms.